The average Bonchev–Trinajstić information content (AvgIpc) is 2.60. The van der Waals surface area contributed by atoms with E-state index in [4.69, 9.17) is 9.47 Å². The minimum Gasteiger partial charge on any atom is -0.497 e. The third-order valence-electron chi connectivity index (χ3n) is 4.34. The Morgan fingerprint density at radius 2 is 2.04 bits per heavy atom. The van der Waals surface area contributed by atoms with Crippen LogP contribution in [0.15, 0.2) is 47.4 Å². The smallest absolute Gasteiger partial charge is 0.252 e. The van der Waals surface area contributed by atoms with Gasteiger partial charge in [-0.15, -0.1) is 11.8 Å². The lowest BCUT2D eigenvalue weighted by Crippen LogP contribution is -2.41. The van der Waals surface area contributed by atoms with Crippen LogP contribution in [0.5, 0.6) is 11.5 Å². The monoisotopic (exact) mass is 357 g/mol. The van der Waals surface area contributed by atoms with Gasteiger partial charge in [-0.05, 0) is 44.4 Å². The highest BCUT2D eigenvalue weighted by Gasteiger charge is 2.35. The molecule has 0 saturated heterocycles. The highest BCUT2D eigenvalue weighted by Crippen LogP contribution is 2.41. The lowest BCUT2D eigenvalue weighted by Gasteiger charge is -2.38. The van der Waals surface area contributed by atoms with E-state index in [1.165, 1.54) is 0 Å². The lowest BCUT2D eigenvalue weighted by molar-refractivity contribution is 0.0616. The largest absolute Gasteiger partial charge is 0.497 e. The molecular formula is C20H23NO3S. The van der Waals surface area contributed by atoms with Gasteiger partial charge in [0.2, 0.25) is 0 Å². The van der Waals surface area contributed by atoms with Crippen molar-refractivity contribution in [3.8, 4) is 11.5 Å². The molecule has 4 nitrogen and oxygen atoms in total. The number of fused-ring (bicyclic) bond motifs is 1. The van der Waals surface area contributed by atoms with Crippen LogP contribution >= 0.6 is 11.8 Å². The molecule has 0 bridgehead atoms. The summed E-state index contributed by atoms with van der Waals surface area (Å²) in [5, 5.41) is 3.19. The Balaban J connectivity index is 1.91. The van der Waals surface area contributed by atoms with E-state index in [1.54, 1.807) is 18.9 Å². The molecule has 3 rings (SSSR count). The van der Waals surface area contributed by atoms with Crippen LogP contribution in [0.4, 0.5) is 0 Å². The minimum atomic E-state index is -0.365. The molecule has 0 radical (unpaired) electrons. The van der Waals surface area contributed by atoms with Gasteiger partial charge in [-0.25, -0.2) is 0 Å². The van der Waals surface area contributed by atoms with Gasteiger partial charge in [0.05, 0.1) is 18.7 Å². The van der Waals surface area contributed by atoms with Crippen LogP contribution in [0.3, 0.4) is 0 Å². The minimum absolute atomic E-state index is 0.0607. The molecule has 1 atom stereocenters. The number of benzene rings is 2. The number of thioether (sulfide) groups is 1. The number of carbonyl (C=O) groups excluding carboxylic acids is 1. The molecular weight excluding hydrogens is 334 g/mol. The predicted molar refractivity (Wildman–Crippen MR) is 101 cm³/mol. The topological polar surface area (TPSA) is 47.6 Å². The van der Waals surface area contributed by atoms with Gasteiger partial charge in [0.1, 0.15) is 17.1 Å². The number of carbonyl (C=O) groups is 1. The van der Waals surface area contributed by atoms with Crippen LogP contribution in [0.1, 0.15) is 42.2 Å². The zero-order valence-corrected chi connectivity index (χ0v) is 15.8. The second kappa shape index (κ2) is 7.00. The first-order valence-electron chi connectivity index (χ1n) is 8.24. The fourth-order valence-corrected chi connectivity index (χ4v) is 3.75. The SMILES string of the molecule is COc1ccc2c(c1)OC(C)(C)C[C@@H]2NC(=O)c1ccccc1SC. The van der Waals surface area contributed by atoms with Crippen molar-refractivity contribution in [3.63, 3.8) is 0 Å². The van der Waals surface area contributed by atoms with E-state index in [1.807, 2.05) is 62.6 Å². The number of hydrogen-bond donors (Lipinski definition) is 1. The zero-order valence-electron chi connectivity index (χ0n) is 15.0. The van der Waals surface area contributed by atoms with Crippen molar-refractivity contribution in [1.82, 2.24) is 5.32 Å². The second-order valence-corrected chi connectivity index (χ2v) is 7.54. The molecule has 2 aromatic carbocycles. The molecule has 132 valence electrons. The van der Waals surface area contributed by atoms with E-state index in [9.17, 15) is 4.79 Å². The van der Waals surface area contributed by atoms with Crippen LogP contribution < -0.4 is 14.8 Å². The van der Waals surface area contributed by atoms with Crippen LogP contribution in [-0.4, -0.2) is 24.9 Å². The number of methoxy groups -OCH3 is 1. The van der Waals surface area contributed by atoms with Crippen molar-refractivity contribution in [2.24, 2.45) is 0 Å². The first-order chi connectivity index (χ1) is 11.9. The molecule has 25 heavy (non-hydrogen) atoms. The van der Waals surface area contributed by atoms with Gasteiger partial charge in [-0.3, -0.25) is 4.79 Å². The van der Waals surface area contributed by atoms with Crippen molar-refractivity contribution in [2.45, 2.75) is 36.8 Å². The lowest BCUT2D eigenvalue weighted by atomic mass is 9.89. The molecule has 1 amide bonds. The van der Waals surface area contributed by atoms with Crippen molar-refractivity contribution in [2.75, 3.05) is 13.4 Å². The highest BCUT2D eigenvalue weighted by molar-refractivity contribution is 7.98. The molecule has 1 N–H and O–H groups in total. The van der Waals surface area contributed by atoms with Crippen molar-refractivity contribution in [1.29, 1.82) is 0 Å². The Morgan fingerprint density at radius 3 is 2.76 bits per heavy atom. The van der Waals surface area contributed by atoms with E-state index in [-0.39, 0.29) is 17.6 Å². The Morgan fingerprint density at radius 1 is 1.28 bits per heavy atom. The third-order valence-corrected chi connectivity index (χ3v) is 5.13. The number of nitrogens with one attached hydrogen (secondary N) is 1. The fourth-order valence-electron chi connectivity index (χ4n) is 3.16. The Kier molecular flexibility index (Phi) is 4.95. The fraction of sp³-hybridized carbons (Fsp3) is 0.350. The molecule has 0 aromatic heterocycles. The quantitative estimate of drug-likeness (QED) is 0.821. The van der Waals surface area contributed by atoms with Crippen LogP contribution in [0.2, 0.25) is 0 Å². The number of amides is 1. The maximum atomic E-state index is 12.8. The first-order valence-corrected chi connectivity index (χ1v) is 9.47. The molecule has 0 aliphatic carbocycles. The van der Waals surface area contributed by atoms with Crippen molar-refractivity contribution >= 4 is 17.7 Å². The molecule has 0 spiro atoms. The summed E-state index contributed by atoms with van der Waals surface area (Å²) in [5.74, 6) is 1.45. The van der Waals surface area contributed by atoms with Crippen LogP contribution in [0.25, 0.3) is 0 Å². The van der Waals surface area contributed by atoms with Gasteiger partial charge in [0, 0.05) is 22.9 Å². The molecule has 5 heteroatoms. The Hall–Kier alpha value is -2.14. The van der Waals surface area contributed by atoms with Gasteiger partial charge in [-0.1, -0.05) is 12.1 Å². The summed E-state index contributed by atoms with van der Waals surface area (Å²) < 4.78 is 11.4. The van der Waals surface area contributed by atoms with E-state index in [2.05, 4.69) is 5.32 Å². The van der Waals surface area contributed by atoms with Crippen LogP contribution in [-0.2, 0) is 0 Å². The van der Waals surface area contributed by atoms with Crippen LogP contribution in [0, 0.1) is 0 Å². The number of ether oxygens (including phenoxy) is 2. The average molecular weight is 357 g/mol. The molecule has 0 fully saturated rings. The molecule has 1 aliphatic rings. The Labute approximate surface area is 152 Å². The summed E-state index contributed by atoms with van der Waals surface area (Å²) in [6.45, 7) is 4.06. The maximum Gasteiger partial charge on any atom is 0.252 e. The summed E-state index contributed by atoms with van der Waals surface area (Å²) in [6.07, 6.45) is 2.69. The van der Waals surface area contributed by atoms with Crippen molar-refractivity contribution < 1.29 is 14.3 Å². The van der Waals surface area contributed by atoms with Gasteiger partial charge in [0.25, 0.3) is 5.91 Å². The summed E-state index contributed by atoms with van der Waals surface area (Å²) in [4.78, 5) is 13.8. The highest BCUT2D eigenvalue weighted by atomic mass is 32.2. The van der Waals surface area contributed by atoms with E-state index in [0.717, 1.165) is 22.0 Å². The second-order valence-electron chi connectivity index (χ2n) is 6.70. The predicted octanol–water partition coefficient (Wildman–Crippen LogP) is 4.45. The Bertz CT molecular complexity index is 788. The summed E-state index contributed by atoms with van der Waals surface area (Å²) in [5.41, 5.74) is 1.32. The molecule has 0 unspecified atom stereocenters. The van der Waals surface area contributed by atoms with Gasteiger partial charge in [-0.2, -0.15) is 0 Å². The molecule has 0 saturated carbocycles. The van der Waals surface area contributed by atoms with Gasteiger partial charge in [0.15, 0.2) is 0 Å². The van der Waals surface area contributed by atoms with E-state index < -0.39 is 0 Å². The number of rotatable bonds is 4. The van der Waals surface area contributed by atoms with E-state index in [0.29, 0.717) is 12.0 Å². The van der Waals surface area contributed by atoms with E-state index >= 15 is 0 Å². The zero-order chi connectivity index (χ0) is 18.0. The van der Waals surface area contributed by atoms with Crippen molar-refractivity contribution in [3.05, 3.63) is 53.6 Å². The summed E-state index contributed by atoms with van der Waals surface area (Å²) >= 11 is 1.57. The standard InChI is InChI=1S/C20H23NO3S/c1-20(2)12-16(14-10-9-13(23-3)11-17(14)24-20)21-19(22)15-7-5-6-8-18(15)25-4/h5-11,16H,12H2,1-4H3,(H,21,22)/t16-/m0/s1. The van der Waals surface area contributed by atoms with Gasteiger partial charge < -0.3 is 14.8 Å². The number of hydrogen-bond acceptors (Lipinski definition) is 4. The van der Waals surface area contributed by atoms with Gasteiger partial charge >= 0.3 is 0 Å². The first kappa shape index (κ1) is 17.7. The summed E-state index contributed by atoms with van der Waals surface area (Å²) in [6, 6.07) is 13.3. The third kappa shape index (κ3) is 3.76. The molecule has 1 heterocycles. The molecule has 1 aliphatic heterocycles. The maximum absolute atomic E-state index is 12.8. The summed E-state index contributed by atoms with van der Waals surface area (Å²) in [7, 11) is 1.63. The normalized spacial score (nSPS) is 18.0. The molecule has 2 aromatic rings.